The number of hydrogen-bond acceptors (Lipinski definition) is 6. The number of hydrogen-bond donors (Lipinski definition) is 1. The van der Waals surface area contributed by atoms with Gasteiger partial charge in [-0.15, -0.1) is 0 Å². The van der Waals surface area contributed by atoms with Crippen LogP contribution < -0.4 is 5.32 Å². The van der Waals surface area contributed by atoms with Crippen LogP contribution in [0.2, 0.25) is 0 Å². The summed E-state index contributed by atoms with van der Waals surface area (Å²) in [6.07, 6.45) is 13.8. The zero-order valence-corrected chi connectivity index (χ0v) is 17.7. The Morgan fingerprint density at radius 3 is 2.77 bits per heavy atom. The summed E-state index contributed by atoms with van der Waals surface area (Å²) < 4.78 is 5.77. The van der Waals surface area contributed by atoms with Crippen molar-refractivity contribution in [3.63, 3.8) is 0 Å². The minimum absolute atomic E-state index is 0.853. The van der Waals surface area contributed by atoms with Crippen LogP contribution in [-0.4, -0.2) is 39.9 Å². The third kappa shape index (κ3) is 3.52. The lowest BCUT2D eigenvalue weighted by Crippen LogP contribution is -2.02. The third-order valence-electron chi connectivity index (χ3n) is 4.94. The van der Waals surface area contributed by atoms with Crippen molar-refractivity contribution < 1.29 is 0 Å². The Bertz CT molecular complexity index is 1320. The zero-order chi connectivity index (χ0) is 20.5. The van der Waals surface area contributed by atoms with Gasteiger partial charge in [-0.25, -0.2) is 4.98 Å². The minimum atomic E-state index is 0.853. The fraction of sp³-hybridized carbons (Fsp3) is 0.238. The van der Waals surface area contributed by atoms with Crippen LogP contribution in [-0.2, 0) is 7.05 Å². The lowest BCUT2D eigenvalue weighted by atomic mass is 10.1. The van der Waals surface area contributed by atoms with Gasteiger partial charge in [-0.1, -0.05) is 13.3 Å². The molecular weight excluding hydrogens is 396 g/mol. The fourth-order valence-electron chi connectivity index (χ4n) is 3.32. The first-order chi connectivity index (χ1) is 14.7. The molecule has 0 spiro atoms. The molecule has 0 bridgehead atoms. The number of nitrogens with one attached hydrogen (secondary N) is 1. The standard InChI is InChI=1S/C21H22N8S/c1-3-4-7-22-17-5-6-20-24-12-21(28(20)14-17)30-29-19-8-15(9-23-18(19)11-26-29)16-10-25-27(2)13-16/h5-6,8-14,22H,3-4,7H2,1-2H3. The molecule has 8 nitrogen and oxygen atoms in total. The van der Waals surface area contributed by atoms with E-state index in [0.29, 0.717) is 0 Å². The van der Waals surface area contributed by atoms with Crippen LogP contribution in [0.4, 0.5) is 5.69 Å². The Labute approximate surface area is 178 Å². The second-order valence-corrected chi connectivity index (χ2v) is 8.11. The Morgan fingerprint density at radius 2 is 1.93 bits per heavy atom. The summed E-state index contributed by atoms with van der Waals surface area (Å²) in [4.78, 5) is 9.10. The smallest absolute Gasteiger partial charge is 0.137 e. The highest BCUT2D eigenvalue weighted by molar-refractivity contribution is 7.97. The summed E-state index contributed by atoms with van der Waals surface area (Å²) in [5.41, 5.74) is 5.84. The highest BCUT2D eigenvalue weighted by Crippen LogP contribution is 2.28. The van der Waals surface area contributed by atoms with Crippen LogP contribution in [0.1, 0.15) is 19.8 Å². The molecule has 5 heterocycles. The molecule has 152 valence electrons. The molecule has 5 aromatic rings. The number of rotatable bonds is 7. The van der Waals surface area contributed by atoms with Crippen molar-refractivity contribution in [3.05, 3.63) is 55.4 Å². The van der Waals surface area contributed by atoms with E-state index in [1.54, 1.807) is 10.9 Å². The van der Waals surface area contributed by atoms with Crippen LogP contribution >= 0.6 is 11.9 Å². The van der Waals surface area contributed by atoms with E-state index in [1.807, 2.05) is 42.0 Å². The molecule has 30 heavy (non-hydrogen) atoms. The van der Waals surface area contributed by atoms with Crippen molar-refractivity contribution in [1.29, 1.82) is 0 Å². The highest BCUT2D eigenvalue weighted by Gasteiger charge is 2.12. The molecule has 0 saturated heterocycles. The van der Waals surface area contributed by atoms with Crippen LogP contribution in [0.3, 0.4) is 0 Å². The normalized spacial score (nSPS) is 11.5. The van der Waals surface area contributed by atoms with Crippen molar-refractivity contribution in [1.82, 2.24) is 33.3 Å². The van der Waals surface area contributed by atoms with Gasteiger partial charge < -0.3 is 5.32 Å². The van der Waals surface area contributed by atoms with Crippen LogP contribution in [0.25, 0.3) is 27.8 Å². The Kier molecular flexibility index (Phi) is 4.88. The van der Waals surface area contributed by atoms with E-state index in [2.05, 4.69) is 55.1 Å². The minimum Gasteiger partial charge on any atom is -0.384 e. The first-order valence-electron chi connectivity index (χ1n) is 9.93. The number of fused-ring (bicyclic) bond motifs is 2. The lowest BCUT2D eigenvalue weighted by Gasteiger charge is -2.08. The number of unbranched alkanes of at least 4 members (excludes halogenated alkanes) is 1. The van der Waals surface area contributed by atoms with Crippen molar-refractivity contribution in [2.24, 2.45) is 7.05 Å². The average molecular weight is 419 g/mol. The number of imidazole rings is 1. The highest BCUT2D eigenvalue weighted by atomic mass is 32.2. The van der Waals surface area contributed by atoms with Gasteiger partial charge in [0.05, 0.1) is 24.3 Å². The van der Waals surface area contributed by atoms with Gasteiger partial charge in [0, 0.05) is 55.3 Å². The van der Waals surface area contributed by atoms with E-state index in [9.17, 15) is 0 Å². The van der Waals surface area contributed by atoms with E-state index >= 15 is 0 Å². The second kappa shape index (κ2) is 7.83. The van der Waals surface area contributed by atoms with Crippen LogP contribution in [0, 0.1) is 0 Å². The first-order valence-corrected chi connectivity index (χ1v) is 10.7. The molecule has 0 radical (unpaired) electrons. The van der Waals surface area contributed by atoms with E-state index in [0.717, 1.165) is 51.5 Å². The van der Waals surface area contributed by atoms with Gasteiger partial charge in [0.1, 0.15) is 21.7 Å². The van der Waals surface area contributed by atoms with E-state index in [1.165, 1.54) is 18.4 Å². The maximum absolute atomic E-state index is 4.57. The molecule has 0 unspecified atom stereocenters. The predicted octanol–water partition coefficient (Wildman–Crippen LogP) is 4.25. The average Bonchev–Trinajstić information content (AvgIpc) is 3.47. The van der Waals surface area contributed by atoms with E-state index in [4.69, 9.17) is 0 Å². The quantitative estimate of drug-likeness (QED) is 0.398. The molecule has 0 aliphatic rings. The predicted molar refractivity (Wildman–Crippen MR) is 120 cm³/mol. The molecule has 9 heteroatoms. The van der Waals surface area contributed by atoms with Crippen molar-refractivity contribution in [2.45, 2.75) is 24.8 Å². The van der Waals surface area contributed by atoms with Gasteiger partial charge in [0.2, 0.25) is 0 Å². The van der Waals surface area contributed by atoms with E-state index in [-0.39, 0.29) is 0 Å². The van der Waals surface area contributed by atoms with Gasteiger partial charge in [-0.05, 0) is 24.6 Å². The third-order valence-corrected chi connectivity index (χ3v) is 5.89. The molecule has 0 amide bonds. The topological polar surface area (TPSA) is 77.9 Å². The molecule has 0 aromatic carbocycles. The molecule has 5 rings (SSSR count). The maximum Gasteiger partial charge on any atom is 0.137 e. The summed E-state index contributed by atoms with van der Waals surface area (Å²) >= 11 is 1.52. The summed E-state index contributed by atoms with van der Waals surface area (Å²) in [7, 11) is 1.91. The number of pyridine rings is 2. The fourth-order valence-corrected chi connectivity index (χ4v) is 4.17. The van der Waals surface area contributed by atoms with E-state index < -0.39 is 0 Å². The monoisotopic (exact) mass is 418 g/mol. The first kappa shape index (κ1) is 18.7. The molecule has 0 aliphatic carbocycles. The van der Waals surface area contributed by atoms with Crippen molar-refractivity contribution in [3.8, 4) is 11.1 Å². The summed E-state index contributed by atoms with van der Waals surface area (Å²) in [5, 5.41) is 13.3. The SMILES string of the molecule is CCCCNc1ccc2ncc(Sn3ncc4ncc(-c5cnn(C)c5)cc43)n2c1. The van der Waals surface area contributed by atoms with Gasteiger partial charge in [0.15, 0.2) is 0 Å². The van der Waals surface area contributed by atoms with Gasteiger partial charge in [0.25, 0.3) is 0 Å². The summed E-state index contributed by atoms with van der Waals surface area (Å²) in [6, 6.07) is 6.20. The molecule has 5 aromatic heterocycles. The Hall–Kier alpha value is -3.33. The molecular formula is C21H22N8S. The number of aryl methyl sites for hydroxylation is 1. The van der Waals surface area contributed by atoms with Crippen LogP contribution in [0.5, 0.6) is 0 Å². The van der Waals surface area contributed by atoms with Gasteiger partial charge in [-0.2, -0.15) is 14.3 Å². The van der Waals surface area contributed by atoms with Gasteiger partial charge in [-0.3, -0.25) is 14.1 Å². The largest absolute Gasteiger partial charge is 0.384 e. The number of anilines is 1. The maximum atomic E-state index is 4.57. The molecule has 0 saturated carbocycles. The summed E-state index contributed by atoms with van der Waals surface area (Å²) in [5.74, 6) is 0. The lowest BCUT2D eigenvalue weighted by molar-refractivity contribution is 0.768. The van der Waals surface area contributed by atoms with Crippen LogP contribution in [0.15, 0.2) is 60.4 Å². The zero-order valence-electron chi connectivity index (χ0n) is 16.9. The molecule has 0 atom stereocenters. The molecule has 1 N–H and O–H groups in total. The second-order valence-electron chi connectivity index (χ2n) is 7.16. The number of aromatic nitrogens is 7. The summed E-state index contributed by atoms with van der Waals surface area (Å²) in [6.45, 7) is 3.16. The van der Waals surface area contributed by atoms with Gasteiger partial charge >= 0.3 is 0 Å². The Morgan fingerprint density at radius 1 is 1.00 bits per heavy atom. The van der Waals surface area contributed by atoms with Crippen molar-refractivity contribution in [2.75, 3.05) is 11.9 Å². The molecule has 0 fully saturated rings. The Balaban J connectivity index is 1.47. The van der Waals surface area contributed by atoms with Crippen molar-refractivity contribution >= 4 is 34.3 Å². The molecule has 0 aliphatic heterocycles. The number of nitrogens with zero attached hydrogens (tertiary/aromatic N) is 7.